The smallest absolute Gasteiger partial charge is 0.185 e. The predicted molar refractivity (Wildman–Crippen MR) is 92.2 cm³/mol. The van der Waals surface area contributed by atoms with Crippen LogP contribution < -0.4 is 10.2 Å². The molecule has 3 nitrogen and oxygen atoms in total. The zero-order valence-corrected chi connectivity index (χ0v) is 14.0. The Kier molecular flexibility index (Phi) is 6.21. The van der Waals surface area contributed by atoms with Crippen molar-refractivity contribution in [2.45, 2.75) is 33.2 Å². The van der Waals surface area contributed by atoms with E-state index in [2.05, 4.69) is 66.3 Å². The quantitative estimate of drug-likeness (QED) is 0.802. The molecule has 2 rings (SSSR count). The van der Waals surface area contributed by atoms with Crippen molar-refractivity contribution >= 4 is 16.5 Å². The van der Waals surface area contributed by atoms with Crippen molar-refractivity contribution in [1.82, 2.24) is 10.3 Å². The molecule has 0 spiro atoms. The summed E-state index contributed by atoms with van der Waals surface area (Å²) in [5.41, 5.74) is 1.39. The third-order valence-corrected chi connectivity index (χ3v) is 4.75. The first-order valence-electron chi connectivity index (χ1n) is 7.69. The van der Waals surface area contributed by atoms with Crippen LogP contribution in [0.15, 0.2) is 36.5 Å². The minimum Gasteiger partial charge on any atom is -0.349 e. The van der Waals surface area contributed by atoms with Crippen LogP contribution in [0.3, 0.4) is 0 Å². The van der Waals surface area contributed by atoms with Crippen LogP contribution in [0, 0.1) is 0 Å². The summed E-state index contributed by atoms with van der Waals surface area (Å²) in [6, 6.07) is 10.7. The van der Waals surface area contributed by atoms with Gasteiger partial charge in [-0.2, -0.15) is 0 Å². The summed E-state index contributed by atoms with van der Waals surface area (Å²) in [5, 5.41) is 4.67. The van der Waals surface area contributed by atoms with E-state index >= 15 is 0 Å². The lowest BCUT2D eigenvalue weighted by Gasteiger charge is -2.16. The summed E-state index contributed by atoms with van der Waals surface area (Å²) in [6.07, 6.45) is 2.00. The zero-order valence-electron chi connectivity index (χ0n) is 13.2. The highest BCUT2D eigenvalue weighted by atomic mass is 32.1. The number of nitrogens with one attached hydrogen (secondary N) is 1. The van der Waals surface area contributed by atoms with E-state index in [0.29, 0.717) is 5.92 Å². The van der Waals surface area contributed by atoms with E-state index in [0.717, 1.165) is 31.3 Å². The maximum Gasteiger partial charge on any atom is 0.185 e. The van der Waals surface area contributed by atoms with Crippen LogP contribution in [-0.2, 0) is 6.54 Å². The van der Waals surface area contributed by atoms with Crippen LogP contribution in [0.25, 0.3) is 0 Å². The number of anilines is 1. The van der Waals surface area contributed by atoms with Crippen LogP contribution in [-0.4, -0.2) is 24.6 Å². The van der Waals surface area contributed by atoms with Crippen LogP contribution in [0.1, 0.15) is 37.1 Å². The van der Waals surface area contributed by atoms with Crippen molar-refractivity contribution in [2.24, 2.45) is 0 Å². The lowest BCUT2D eigenvalue weighted by Crippen LogP contribution is -2.21. The number of thiazole rings is 1. The van der Waals surface area contributed by atoms with Crippen molar-refractivity contribution in [2.75, 3.05) is 24.5 Å². The van der Waals surface area contributed by atoms with Crippen LogP contribution in [0.5, 0.6) is 0 Å². The van der Waals surface area contributed by atoms with Crippen LogP contribution in [0.4, 0.5) is 5.13 Å². The molecule has 1 aromatic carbocycles. The van der Waals surface area contributed by atoms with Gasteiger partial charge in [0, 0.05) is 37.3 Å². The molecule has 1 aromatic heterocycles. The third-order valence-electron chi connectivity index (χ3n) is 3.69. The average molecular weight is 303 g/mol. The maximum absolute atomic E-state index is 4.52. The van der Waals surface area contributed by atoms with Gasteiger partial charge >= 0.3 is 0 Å². The molecule has 0 amide bonds. The van der Waals surface area contributed by atoms with Gasteiger partial charge in [0.1, 0.15) is 0 Å². The Morgan fingerprint density at radius 1 is 1.19 bits per heavy atom. The molecule has 1 atom stereocenters. The summed E-state index contributed by atoms with van der Waals surface area (Å²) in [5.74, 6) is 0.529. The number of rotatable bonds is 8. The van der Waals surface area contributed by atoms with E-state index in [1.807, 2.05) is 6.20 Å². The molecular weight excluding hydrogens is 278 g/mol. The highest BCUT2D eigenvalue weighted by Gasteiger charge is 2.08. The zero-order chi connectivity index (χ0) is 15.1. The van der Waals surface area contributed by atoms with Crippen molar-refractivity contribution < 1.29 is 0 Å². The molecule has 4 heteroatoms. The van der Waals surface area contributed by atoms with Gasteiger partial charge in [-0.05, 0) is 25.3 Å². The van der Waals surface area contributed by atoms with Gasteiger partial charge in [0.2, 0.25) is 0 Å². The Labute approximate surface area is 132 Å². The fourth-order valence-electron chi connectivity index (χ4n) is 2.33. The second-order valence-electron chi connectivity index (χ2n) is 5.22. The number of benzene rings is 1. The van der Waals surface area contributed by atoms with Crippen molar-refractivity contribution in [1.29, 1.82) is 0 Å². The molecule has 2 aromatic rings. The van der Waals surface area contributed by atoms with E-state index in [-0.39, 0.29) is 0 Å². The number of hydrogen-bond donors (Lipinski definition) is 1. The van der Waals surface area contributed by atoms with E-state index in [1.54, 1.807) is 11.3 Å². The Balaban J connectivity index is 1.81. The first kappa shape index (κ1) is 16.0. The van der Waals surface area contributed by atoms with Crippen molar-refractivity contribution in [3.8, 4) is 0 Å². The molecule has 1 N–H and O–H groups in total. The van der Waals surface area contributed by atoms with E-state index in [9.17, 15) is 0 Å². The monoisotopic (exact) mass is 303 g/mol. The number of hydrogen-bond acceptors (Lipinski definition) is 4. The molecule has 21 heavy (non-hydrogen) atoms. The van der Waals surface area contributed by atoms with Gasteiger partial charge in [-0.25, -0.2) is 4.98 Å². The first-order valence-corrected chi connectivity index (χ1v) is 8.51. The fourth-order valence-corrected chi connectivity index (χ4v) is 3.34. The Morgan fingerprint density at radius 2 is 1.90 bits per heavy atom. The molecule has 114 valence electrons. The highest BCUT2D eigenvalue weighted by molar-refractivity contribution is 7.15. The molecule has 0 fully saturated rings. The normalized spacial score (nSPS) is 12.3. The second-order valence-corrected chi connectivity index (χ2v) is 6.32. The SMILES string of the molecule is CCN(CC)c1ncc(CNCC(C)c2ccccc2)s1. The largest absolute Gasteiger partial charge is 0.349 e. The molecule has 0 saturated carbocycles. The highest BCUT2D eigenvalue weighted by Crippen LogP contribution is 2.22. The van der Waals surface area contributed by atoms with Crippen LogP contribution >= 0.6 is 11.3 Å². The minimum absolute atomic E-state index is 0.529. The average Bonchev–Trinajstić information content (AvgIpc) is 2.98. The lowest BCUT2D eigenvalue weighted by molar-refractivity contribution is 0.618. The molecule has 1 unspecified atom stereocenters. The van der Waals surface area contributed by atoms with E-state index < -0.39 is 0 Å². The molecule has 1 heterocycles. The summed E-state index contributed by atoms with van der Waals surface area (Å²) in [4.78, 5) is 8.11. The van der Waals surface area contributed by atoms with Gasteiger partial charge in [-0.1, -0.05) is 37.3 Å². The van der Waals surface area contributed by atoms with Gasteiger partial charge in [0.15, 0.2) is 5.13 Å². The van der Waals surface area contributed by atoms with Gasteiger partial charge in [0.05, 0.1) is 0 Å². The Bertz CT molecular complexity index is 520. The number of aromatic nitrogens is 1. The third kappa shape index (κ3) is 4.55. The molecule has 0 radical (unpaired) electrons. The fraction of sp³-hybridized carbons (Fsp3) is 0.471. The predicted octanol–water partition coefficient (Wildman–Crippen LogP) is 3.88. The van der Waals surface area contributed by atoms with Crippen molar-refractivity contribution in [3.63, 3.8) is 0 Å². The first-order chi connectivity index (χ1) is 10.2. The lowest BCUT2D eigenvalue weighted by atomic mass is 10.0. The Hall–Kier alpha value is -1.39. The van der Waals surface area contributed by atoms with Crippen LogP contribution in [0.2, 0.25) is 0 Å². The van der Waals surface area contributed by atoms with Gasteiger partial charge < -0.3 is 10.2 Å². The Morgan fingerprint density at radius 3 is 2.57 bits per heavy atom. The minimum atomic E-state index is 0.529. The molecule has 0 saturated heterocycles. The van der Waals surface area contributed by atoms with E-state index in [1.165, 1.54) is 10.4 Å². The second kappa shape index (κ2) is 8.15. The summed E-state index contributed by atoms with van der Waals surface area (Å²) in [7, 11) is 0. The van der Waals surface area contributed by atoms with Gasteiger partial charge in [-0.15, -0.1) is 11.3 Å². The summed E-state index contributed by atoms with van der Waals surface area (Å²) < 4.78 is 0. The maximum atomic E-state index is 4.52. The number of nitrogens with zero attached hydrogens (tertiary/aromatic N) is 2. The standard InChI is InChI=1S/C17H25N3S/c1-4-20(5-2)17-19-13-16(21-17)12-18-11-14(3)15-9-7-6-8-10-15/h6-10,13-14,18H,4-5,11-12H2,1-3H3. The molecule has 0 aliphatic carbocycles. The molecule has 0 bridgehead atoms. The molecular formula is C17H25N3S. The summed E-state index contributed by atoms with van der Waals surface area (Å²) >= 11 is 1.79. The molecule has 0 aliphatic rings. The molecule has 0 aliphatic heterocycles. The van der Waals surface area contributed by atoms with Crippen molar-refractivity contribution in [3.05, 3.63) is 47.0 Å². The van der Waals surface area contributed by atoms with Gasteiger partial charge in [0.25, 0.3) is 0 Å². The van der Waals surface area contributed by atoms with E-state index in [4.69, 9.17) is 0 Å². The topological polar surface area (TPSA) is 28.2 Å². The van der Waals surface area contributed by atoms with Gasteiger partial charge in [-0.3, -0.25) is 0 Å². The summed E-state index contributed by atoms with van der Waals surface area (Å²) in [6.45, 7) is 10.5.